The standard InChI is InChI=1S/C20H17BrClF3N2O4/c21-13-5-7-14(8-6-13)26-18(29)11-31-19(30)3-1-2-17(28)27-16-10-12(20(23,24)25)4-9-15(16)22/h4-10H,1-3,11H2,(H,26,29)(H,27,28). The number of halogens is 5. The van der Waals surface area contributed by atoms with Crippen molar-refractivity contribution in [1.29, 1.82) is 0 Å². The van der Waals surface area contributed by atoms with Gasteiger partial charge in [-0.15, -0.1) is 0 Å². The Labute approximate surface area is 189 Å². The normalized spacial score (nSPS) is 11.0. The van der Waals surface area contributed by atoms with Crippen molar-refractivity contribution in [2.75, 3.05) is 17.2 Å². The van der Waals surface area contributed by atoms with E-state index in [1.807, 2.05) is 0 Å². The van der Waals surface area contributed by atoms with Crippen molar-refractivity contribution >= 4 is 56.7 Å². The number of carbonyl (C=O) groups is 3. The average molecular weight is 522 g/mol. The molecule has 0 aromatic heterocycles. The van der Waals surface area contributed by atoms with Gasteiger partial charge in [0.25, 0.3) is 5.91 Å². The number of carbonyl (C=O) groups excluding carboxylic acids is 3. The summed E-state index contributed by atoms with van der Waals surface area (Å²) in [6, 6.07) is 9.38. The van der Waals surface area contributed by atoms with Crippen molar-refractivity contribution in [3.63, 3.8) is 0 Å². The molecule has 31 heavy (non-hydrogen) atoms. The summed E-state index contributed by atoms with van der Waals surface area (Å²) < 4.78 is 44.0. The van der Waals surface area contributed by atoms with Gasteiger partial charge in [-0.05, 0) is 48.9 Å². The molecule has 0 aliphatic heterocycles. The van der Waals surface area contributed by atoms with Gasteiger partial charge in [-0.25, -0.2) is 0 Å². The number of alkyl halides is 3. The van der Waals surface area contributed by atoms with Crippen LogP contribution in [0.25, 0.3) is 0 Å². The zero-order chi connectivity index (χ0) is 23.0. The van der Waals surface area contributed by atoms with E-state index >= 15 is 0 Å². The first-order valence-electron chi connectivity index (χ1n) is 8.92. The zero-order valence-electron chi connectivity index (χ0n) is 15.9. The third kappa shape index (κ3) is 8.58. The molecule has 0 heterocycles. The quantitative estimate of drug-likeness (QED) is 0.455. The van der Waals surface area contributed by atoms with E-state index in [1.54, 1.807) is 24.3 Å². The highest BCUT2D eigenvalue weighted by Gasteiger charge is 2.31. The molecular weight excluding hydrogens is 505 g/mol. The third-order valence-electron chi connectivity index (χ3n) is 3.84. The lowest BCUT2D eigenvalue weighted by Crippen LogP contribution is -2.21. The van der Waals surface area contributed by atoms with Crippen molar-refractivity contribution in [3.8, 4) is 0 Å². The van der Waals surface area contributed by atoms with E-state index in [0.717, 1.165) is 22.7 Å². The van der Waals surface area contributed by atoms with Gasteiger partial charge in [0.2, 0.25) is 5.91 Å². The van der Waals surface area contributed by atoms with Crippen LogP contribution < -0.4 is 10.6 Å². The number of ether oxygens (including phenoxy) is 1. The molecular formula is C20H17BrClF3N2O4. The second-order valence-electron chi connectivity index (χ2n) is 6.31. The maximum absolute atomic E-state index is 12.8. The Hall–Kier alpha value is -2.59. The van der Waals surface area contributed by atoms with Crippen LogP contribution in [0.3, 0.4) is 0 Å². The fourth-order valence-corrected chi connectivity index (χ4v) is 2.78. The predicted octanol–water partition coefficient (Wildman–Crippen LogP) is 5.41. The van der Waals surface area contributed by atoms with E-state index in [9.17, 15) is 27.6 Å². The highest BCUT2D eigenvalue weighted by Crippen LogP contribution is 2.33. The number of nitrogens with one attached hydrogen (secondary N) is 2. The Balaban J connectivity index is 1.71. The first kappa shape index (κ1) is 24.7. The number of esters is 1. The third-order valence-corrected chi connectivity index (χ3v) is 4.70. The first-order chi connectivity index (χ1) is 14.5. The second-order valence-corrected chi connectivity index (χ2v) is 7.63. The minimum Gasteiger partial charge on any atom is -0.456 e. The number of rotatable bonds is 8. The number of hydrogen-bond acceptors (Lipinski definition) is 4. The Morgan fingerprint density at radius 2 is 1.65 bits per heavy atom. The Kier molecular flexibility index (Phi) is 8.88. The summed E-state index contributed by atoms with van der Waals surface area (Å²) in [5.41, 5.74) is -0.583. The largest absolute Gasteiger partial charge is 0.456 e. The van der Waals surface area contributed by atoms with Crippen LogP contribution in [0.1, 0.15) is 24.8 Å². The van der Waals surface area contributed by atoms with E-state index in [4.69, 9.17) is 16.3 Å². The van der Waals surface area contributed by atoms with Gasteiger partial charge in [-0.2, -0.15) is 13.2 Å². The smallest absolute Gasteiger partial charge is 0.416 e. The molecule has 0 spiro atoms. The molecule has 6 nitrogen and oxygen atoms in total. The van der Waals surface area contributed by atoms with E-state index < -0.39 is 36.1 Å². The lowest BCUT2D eigenvalue weighted by Gasteiger charge is -2.11. The molecule has 166 valence electrons. The summed E-state index contributed by atoms with van der Waals surface area (Å²) in [7, 11) is 0. The summed E-state index contributed by atoms with van der Waals surface area (Å²) >= 11 is 9.08. The molecule has 0 saturated heterocycles. The summed E-state index contributed by atoms with van der Waals surface area (Å²) in [6.07, 6.45) is -4.78. The van der Waals surface area contributed by atoms with Gasteiger partial charge in [0.15, 0.2) is 6.61 Å². The molecule has 11 heteroatoms. The van der Waals surface area contributed by atoms with Crippen LogP contribution in [-0.4, -0.2) is 24.4 Å². The first-order valence-corrected chi connectivity index (χ1v) is 10.1. The van der Waals surface area contributed by atoms with Gasteiger partial charge in [-0.1, -0.05) is 27.5 Å². The molecule has 2 aromatic rings. The van der Waals surface area contributed by atoms with Crippen LogP contribution in [0.5, 0.6) is 0 Å². The van der Waals surface area contributed by atoms with E-state index in [-0.39, 0.29) is 30.0 Å². The van der Waals surface area contributed by atoms with Gasteiger partial charge >= 0.3 is 12.1 Å². The number of benzene rings is 2. The lowest BCUT2D eigenvalue weighted by atomic mass is 10.2. The SMILES string of the molecule is O=C(COC(=O)CCCC(=O)Nc1cc(C(F)(F)F)ccc1Cl)Nc1ccc(Br)cc1. The molecule has 2 aromatic carbocycles. The maximum atomic E-state index is 12.8. The van der Waals surface area contributed by atoms with Gasteiger partial charge in [0.1, 0.15) is 0 Å². The zero-order valence-corrected chi connectivity index (χ0v) is 18.2. The minimum atomic E-state index is -4.57. The molecule has 2 amide bonds. The Bertz CT molecular complexity index is 952. The molecule has 0 radical (unpaired) electrons. The lowest BCUT2D eigenvalue weighted by molar-refractivity contribution is -0.147. The van der Waals surface area contributed by atoms with Crippen molar-refractivity contribution in [2.45, 2.75) is 25.4 Å². The minimum absolute atomic E-state index is 0.0439. The fourth-order valence-electron chi connectivity index (χ4n) is 2.35. The summed E-state index contributed by atoms with van der Waals surface area (Å²) in [5.74, 6) is -1.81. The second kappa shape index (κ2) is 11.1. The highest BCUT2D eigenvalue weighted by molar-refractivity contribution is 9.10. The number of hydrogen-bond donors (Lipinski definition) is 2. The van der Waals surface area contributed by atoms with Crippen LogP contribution in [-0.2, 0) is 25.3 Å². The summed E-state index contributed by atoms with van der Waals surface area (Å²) in [4.78, 5) is 35.4. The summed E-state index contributed by atoms with van der Waals surface area (Å²) in [5, 5.41) is 4.80. The van der Waals surface area contributed by atoms with Crippen molar-refractivity contribution in [3.05, 3.63) is 57.5 Å². The van der Waals surface area contributed by atoms with Crippen LogP contribution >= 0.6 is 27.5 Å². The van der Waals surface area contributed by atoms with Crippen LogP contribution in [0.15, 0.2) is 46.9 Å². The van der Waals surface area contributed by atoms with Gasteiger partial charge < -0.3 is 15.4 Å². The monoisotopic (exact) mass is 520 g/mol. The summed E-state index contributed by atoms with van der Waals surface area (Å²) in [6.45, 7) is -0.485. The average Bonchev–Trinajstić information content (AvgIpc) is 2.69. The Morgan fingerprint density at radius 3 is 2.29 bits per heavy atom. The molecule has 0 unspecified atom stereocenters. The highest BCUT2D eigenvalue weighted by atomic mass is 79.9. The van der Waals surface area contributed by atoms with E-state index in [2.05, 4.69) is 26.6 Å². The van der Waals surface area contributed by atoms with Crippen LogP contribution in [0.4, 0.5) is 24.5 Å². The van der Waals surface area contributed by atoms with Crippen molar-refractivity contribution < 1.29 is 32.3 Å². The van der Waals surface area contributed by atoms with Crippen molar-refractivity contribution in [2.24, 2.45) is 0 Å². The van der Waals surface area contributed by atoms with E-state index in [0.29, 0.717) is 5.69 Å². The molecule has 0 fully saturated rings. The van der Waals surface area contributed by atoms with Gasteiger partial charge in [0, 0.05) is 23.0 Å². The molecule has 0 atom stereocenters. The predicted molar refractivity (Wildman–Crippen MR) is 113 cm³/mol. The van der Waals surface area contributed by atoms with Crippen LogP contribution in [0, 0.1) is 0 Å². The van der Waals surface area contributed by atoms with Gasteiger partial charge in [0.05, 0.1) is 16.3 Å². The molecule has 0 aliphatic carbocycles. The Morgan fingerprint density at radius 1 is 0.968 bits per heavy atom. The topological polar surface area (TPSA) is 84.5 Å². The molecule has 0 aliphatic rings. The van der Waals surface area contributed by atoms with E-state index in [1.165, 1.54) is 0 Å². The van der Waals surface area contributed by atoms with Crippen molar-refractivity contribution in [1.82, 2.24) is 0 Å². The molecule has 2 rings (SSSR count). The molecule has 0 bridgehead atoms. The van der Waals surface area contributed by atoms with Crippen LogP contribution in [0.2, 0.25) is 5.02 Å². The molecule has 2 N–H and O–H groups in total. The maximum Gasteiger partial charge on any atom is 0.416 e. The molecule has 0 saturated carbocycles. The van der Waals surface area contributed by atoms with Gasteiger partial charge in [-0.3, -0.25) is 14.4 Å². The number of anilines is 2. The fraction of sp³-hybridized carbons (Fsp3) is 0.250. The number of amides is 2.